The molecule has 0 saturated carbocycles. The van der Waals surface area contributed by atoms with Crippen molar-refractivity contribution in [1.29, 1.82) is 0 Å². The summed E-state index contributed by atoms with van der Waals surface area (Å²) in [5.41, 5.74) is 1.28. The summed E-state index contributed by atoms with van der Waals surface area (Å²) < 4.78 is 6.61. The van der Waals surface area contributed by atoms with Crippen molar-refractivity contribution in [3.05, 3.63) is 28.2 Å². The molecule has 2 atom stereocenters. The molecule has 1 rings (SSSR count). The molecule has 0 bridgehead atoms. The topological polar surface area (TPSA) is 21.3 Å². The second kappa shape index (κ2) is 9.41. The van der Waals surface area contributed by atoms with Crippen molar-refractivity contribution in [3.63, 3.8) is 0 Å². The lowest BCUT2D eigenvalue weighted by Crippen LogP contribution is -2.33. The quantitative estimate of drug-likeness (QED) is 0.696. The van der Waals surface area contributed by atoms with E-state index in [0.717, 1.165) is 29.1 Å². The molecule has 0 fully saturated rings. The summed E-state index contributed by atoms with van der Waals surface area (Å²) in [4.78, 5) is 0. The zero-order valence-corrected chi connectivity index (χ0v) is 14.8. The molecule has 114 valence electrons. The van der Waals surface area contributed by atoms with E-state index in [1.165, 1.54) is 24.8 Å². The second-order valence-corrected chi connectivity index (χ2v) is 6.48. The van der Waals surface area contributed by atoms with E-state index >= 15 is 0 Å². The Morgan fingerprint density at radius 1 is 1.30 bits per heavy atom. The van der Waals surface area contributed by atoms with Gasteiger partial charge in [0, 0.05) is 10.5 Å². The predicted molar refractivity (Wildman–Crippen MR) is 90.6 cm³/mol. The van der Waals surface area contributed by atoms with Gasteiger partial charge in [-0.2, -0.15) is 0 Å². The van der Waals surface area contributed by atoms with Gasteiger partial charge in [0.15, 0.2) is 0 Å². The number of halogens is 1. The first-order chi connectivity index (χ1) is 9.60. The summed E-state index contributed by atoms with van der Waals surface area (Å²) in [7, 11) is 1.75. The normalized spacial score (nSPS) is 14.1. The van der Waals surface area contributed by atoms with Gasteiger partial charge in [0.2, 0.25) is 0 Å². The van der Waals surface area contributed by atoms with E-state index in [1.807, 2.05) is 12.1 Å². The van der Waals surface area contributed by atoms with Crippen molar-refractivity contribution in [2.75, 3.05) is 13.7 Å². The molecule has 0 spiro atoms. The number of nitrogens with one attached hydrogen (secondary N) is 1. The lowest BCUT2D eigenvalue weighted by molar-refractivity contribution is 0.377. The summed E-state index contributed by atoms with van der Waals surface area (Å²) in [5, 5.41) is 3.68. The number of hydrogen-bond donors (Lipinski definition) is 1. The van der Waals surface area contributed by atoms with Gasteiger partial charge >= 0.3 is 0 Å². The maximum atomic E-state index is 5.49. The molecule has 0 saturated heterocycles. The molecular formula is C17H28BrNO. The number of ether oxygens (including phenoxy) is 1. The minimum Gasteiger partial charge on any atom is -0.496 e. The molecule has 0 heterocycles. The summed E-state index contributed by atoms with van der Waals surface area (Å²) in [6.07, 6.45) is 4.64. The van der Waals surface area contributed by atoms with Crippen molar-refractivity contribution >= 4 is 15.9 Å². The largest absolute Gasteiger partial charge is 0.496 e. The molecule has 0 aliphatic heterocycles. The average molecular weight is 342 g/mol. The van der Waals surface area contributed by atoms with Gasteiger partial charge in [-0.15, -0.1) is 0 Å². The molecule has 3 heteroatoms. The Kier molecular flexibility index (Phi) is 8.24. The molecular weight excluding hydrogens is 314 g/mol. The third kappa shape index (κ3) is 5.84. The number of rotatable bonds is 9. The van der Waals surface area contributed by atoms with Crippen LogP contribution in [0, 0.1) is 5.92 Å². The highest BCUT2D eigenvalue weighted by Gasteiger charge is 2.15. The van der Waals surface area contributed by atoms with Gasteiger partial charge in [-0.25, -0.2) is 0 Å². The van der Waals surface area contributed by atoms with Gasteiger partial charge in [-0.3, -0.25) is 0 Å². The van der Waals surface area contributed by atoms with E-state index in [2.05, 4.69) is 48.1 Å². The molecule has 0 aromatic heterocycles. The Morgan fingerprint density at radius 2 is 2.05 bits per heavy atom. The lowest BCUT2D eigenvalue weighted by Gasteiger charge is -2.23. The standard InChI is InChI=1S/C17H28BrNO/c1-5-9-19-16(10-13(3)6-2)12-14-11-15(18)7-8-17(14)20-4/h7-8,11,13,16,19H,5-6,9-10,12H2,1-4H3. The van der Waals surface area contributed by atoms with Crippen LogP contribution in [0.4, 0.5) is 0 Å². The molecule has 0 radical (unpaired) electrons. The Morgan fingerprint density at radius 3 is 2.65 bits per heavy atom. The fourth-order valence-electron chi connectivity index (χ4n) is 2.41. The SMILES string of the molecule is CCCNC(Cc1cc(Br)ccc1OC)CC(C)CC. The van der Waals surface area contributed by atoms with E-state index in [9.17, 15) is 0 Å². The highest BCUT2D eigenvalue weighted by atomic mass is 79.9. The van der Waals surface area contributed by atoms with Crippen molar-refractivity contribution in [2.24, 2.45) is 5.92 Å². The first-order valence-electron chi connectivity index (χ1n) is 7.66. The molecule has 1 N–H and O–H groups in total. The van der Waals surface area contributed by atoms with Crippen LogP contribution >= 0.6 is 15.9 Å². The van der Waals surface area contributed by atoms with Gasteiger partial charge in [0.1, 0.15) is 5.75 Å². The molecule has 1 aromatic carbocycles. The van der Waals surface area contributed by atoms with Gasteiger partial charge in [0.05, 0.1) is 7.11 Å². The number of methoxy groups -OCH3 is 1. The zero-order valence-electron chi connectivity index (χ0n) is 13.2. The van der Waals surface area contributed by atoms with Gasteiger partial charge in [-0.05, 0) is 55.5 Å². The van der Waals surface area contributed by atoms with Crippen LogP contribution in [0.25, 0.3) is 0 Å². The van der Waals surface area contributed by atoms with E-state index in [1.54, 1.807) is 7.11 Å². The lowest BCUT2D eigenvalue weighted by atomic mass is 9.94. The molecule has 2 unspecified atom stereocenters. The average Bonchev–Trinajstić information content (AvgIpc) is 2.44. The van der Waals surface area contributed by atoms with Crippen molar-refractivity contribution < 1.29 is 4.74 Å². The number of hydrogen-bond acceptors (Lipinski definition) is 2. The highest BCUT2D eigenvalue weighted by molar-refractivity contribution is 9.10. The van der Waals surface area contributed by atoms with Crippen molar-refractivity contribution in [1.82, 2.24) is 5.32 Å². The fraction of sp³-hybridized carbons (Fsp3) is 0.647. The smallest absolute Gasteiger partial charge is 0.122 e. The van der Waals surface area contributed by atoms with Crippen LogP contribution in [0.15, 0.2) is 22.7 Å². The highest BCUT2D eigenvalue weighted by Crippen LogP contribution is 2.25. The minimum atomic E-state index is 0.521. The maximum absolute atomic E-state index is 5.49. The van der Waals surface area contributed by atoms with E-state index in [0.29, 0.717) is 6.04 Å². The molecule has 0 amide bonds. The van der Waals surface area contributed by atoms with Crippen LogP contribution in [0.3, 0.4) is 0 Å². The van der Waals surface area contributed by atoms with Crippen LogP contribution in [-0.2, 0) is 6.42 Å². The van der Waals surface area contributed by atoms with Crippen LogP contribution in [0.1, 0.15) is 45.6 Å². The van der Waals surface area contributed by atoms with E-state index in [-0.39, 0.29) is 0 Å². The summed E-state index contributed by atoms with van der Waals surface area (Å²) >= 11 is 3.56. The van der Waals surface area contributed by atoms with Crippen LogP contribution in [0.5, 0.6) is 5.75 Å². The molecule has 0 aliphatic rings. The third-order valence-electron chi connectivity index (χ3n) is 3.78. The van der Waals surface area contributed by atoms with Crippen LogP contribution in [-0.4, -0.2) is 19.7 Å². The van der Waals surface area contributed by atoms with E-state index < -0.39 is 0 Å². The Balaban J connectivity index is 2.79. The van der Waals surface area contributed by atoms with Gasteiger partial charge in [0.25, 0.3) is 0 Å². The zero-order chi connectivity index (χ0) is 15.0. The first-order valence-corrected chi connectivity index (χ1v) is 8.45. The summed E-state index contributed by atoms with van der Waals surface area (Å²) in [6.45, 7) is 7.89. The van der Waals surface area contributed by atoms with Crippen LogP contribution < -0.4 is 10.1 Å². The van der Waals surface area contributed by atoms with Gasteiger partial charge in [-0.1, -0.05) is 43.1 Å². The predicted octanol–water partition coefficient (Wildman–Crippen LogP) is 4.80. The van der Waals surface area contributed by atoms with Gasteiger partial charge < -0.3 is 10.1 Å². The Hall–Kier alpha value is -0.540. The Bertz CT molecular complexity index is 395. The van der Waals surface area contributed by atoms with E-state index in [4.69, 9.17) is 4.74 Å². The maximum Gasteiger partial charge on any atom is 0.122 e. The second-order valence-electron chi connectivity index (χ2n) is 5.56. The van der Waals surface area contributed by atoms with Crippen LogP contribution in [0.2, 0.25) is 0 Å². The monoisotopic (exact) mass is 341 g/mol. The first kappa shape index (κ1) is 17.5. The summed E-state index contributed by atoms with van der Waals surface area (Å²) in [6, 6.07) is 6.77. The number of benzene rings is 1. The molecule has 1 aromatic rings. The summed E-state index contributed by atoms with van der Waals surface area (Å²) in [5.74, 6) is 1.74. The molecule has 2 nitrogen and oxygen atoms in total. The Labute approximate surface area is 132 Å². The third-order valence-corrected chi connectivity index (χ3v) is 4.27. The molecule has 20 heavy (non-hydrogen) atoms. The molecule has 0 aliphatic carbocycles. The van der Waals surface area contributed by atoms with Crippen molar-refractivity contribution in [2.45, 2.75) is 52.5 Å². The fourth-order valence-corrected chi connectivity index (χ4v) is 2.82. The van der Waals surface area contributed by atoms with Crippen molar-refractivity contribution in [3.8, 4) is 5.75 Å². The minimum absolute atomic E-state index is 0.521.